The van der Waals surface area contributed by atoms with Crippen molar-refractivity contribution in [3.63, 3.8) is 0 Å². The van der Waals surface area contributed by atoms with Crippen LogP contribution in [0.4, 0.5) is 8.78 Å². The van der Waals surface area contributed by atoms with Gasteiger partial charge in [-0.1, -0.05) is 0 Å². The van der Waals surface area contributed by atoms with Crippen molar-refractivity contribution in [2.24, 2.45) is 0 Å². The van der Waals surface area contributed by atoms with Gasteiger partial charge in [-0.2, -0.15) is 4.39 Å². The highest BCUT2D eigenvalue weighted by atomic mass is 19.2. The van der Waals surface area contributed by atoms with Crippen LogP contribution in [0.15, 0.2) is 12.3 Å². The number of likely N-dealkylation sites (tertiary alicyclic amines) is 1. The minimum atomic E-state index is -1.29. The molecule has 2 heterocycles. The molecular formula is C13H15F2N3O2. The average Bonchev–Trinajstić information content (AvgIpc) is 2.42. The summed E-state index contributed by atoms with van der Waals surface area (Å²) in [5, 5.41) is 2.65. The molecule has 1 fully saturated rings. The number of carbonyl (C=O) groups is 2. The third kappa shape index (κ3) is 3.09. The van der Waals surface area contributed by atoms with E-state index in [-0.39, 0.29) is 17.5 Å². The summed E-state index contributed by atoms with van der Waals surface area (Å²) in [6.07, 6.45) is 2.24. The zero-order chi connectivity index (χ0) is 14.7. The second-order valence-corrected chi connectivity index (χ2v) is 4.72. The van der Waals surface area contributed by atoms with E-state index in [9.17, 15) is 18.4 Å². The fourth-order valence-corrected chi connectivity index (χ4v) is 2.20. The maximum atomic E-state index is 13.4. The van der Waals surface area contributed by atoms with Gasteiger partial charge in [0, 0.05) is 32.3 Å². The van der Waals surface area contributed by atoms with Gasteiger partial charge in [-0.15, -0.1) is 0 Å². The molecule has 1 saturated heterocycles. The fraction of sp³-hybridized carbons (Fsp3) is 0.462. The van der Waals surface area contributed by atoms with Crippen molar-refractivity contribution in [1.29, 1.82) is 0 Å². The number of rotatable bonds is 2. The summed E-state index contributed by atoms with van der Waals surface area (Å²) in [4.78, 5) is 27.9. The SMILES string of the molecule is CC(=O)N1CCC(NC(=O)c2ccnc(F)c2F)CC1. The molecule has 1 N–H and O–H groups in total. The molecule has 2 amide bonds. The molecule has 0 aliphatic carbocycles. The number of amides is 2. The molecule has 108 valence electrons. The quantitative estimate of drug-likeness (QED) is 0.827. The van der Waals surface area contributed by atoms with Gasteiger partial charge in [-0.05, 0) is 18.9 Å². The van der Waals surface area contributed by atoms with Crippen LogP contribution in [0.3, 0.4) is 0 Å². The van der Waals surface area contributed by atoms with Crippen molar-refractivity contribution in [3.05, 3.63) is 29.6 Å². The molecule has 0 saturated carbocycles. The van der Waals surface area contributed by atoms with Crippen LogP contribution in [0.1, 0.15) is 30.1 Å². The first kappa shape index (κ1) is 14.4. The Bertz CT molecular complexity index is 528. The first-order chi connectivity index (χ1) is 9.49. The van der Waals surface area contributed by atoms with Gasteiger partial charge in [0.25, 0.3) is 5.91 Å². The van der Waals surface area contributed by atoms with E-state index in [2.05, 4.69) is 10.3 Å². The number of nitrogens with zero attached hydrogens (tertiary/aromatic N) is 2. The molecule has 7 heteroatoms. The lowest BCUT2D eigenvalue weighted by Crippen LogP contribution is -2.46. The van der Waals surface area contributed by atoms with E-state index in [1.165, 1.54) is 6.92 Å². The van der Waals surface area contributed by atoms with E-state index in [1.54, 1.807) is 4.90 Å². The van der Waals surface area contributed by atoms with E-state index in [1.807, 2.05) is 0 Å². The lowest BCUT2D eigenvalue weighted by Gasteiger charge is -2.31. The fourth-order valence-electron chi connectivity index (χ4n) is 2.20. The number of pyridine rings is 1. The van der Waals surface area contributed by atoms with Crippen LogP contribution in [0.5, 0.6) is 0 Å². The Labute approximate surface area is 115 Å². The lowest BCUT2D eigenvalue weighted by molar-refractivity contribution is -0.129. The van der Waals surface area contributed by atoms with Gasteiger partial charge in [-0.3, -0.25) is 9.59 Å². The van der Waals surface area contributed by atoms with Crippen molar-refractivity contribution in [2.45, 2.75) is 25.8 Å². The second kappa shape index (κ2) is 5.94. The molecule has 1 aromatic heterocycles. The van der Waals surface area contributed by atoms with E-state index in [4.69, 9.17) is 0 Å². The number of hydrogen-bond acceptors (Lipinski definition) is 3. The van der Waals surface area contributed by atoms with Crippen molar-refractivity contribution in [2.75, 3.05) is 13.1 Å². The van der Waals surface area contributed by atoms with Crippen LogP contribution in [0, 0.1) is 11.8 Å². The molecule has 0 radical (unpaired) electrons. The molecule has 0 aromatic carbocycles. The van der Waals surface area contributed by atoms with Crippen molar-refractivity contribution >= 4 is 11.8 Å². The topological polar surface area (TPSA) is 62.3 Å². The highest BCUT2D eigenvalue weighted by Crippen LogP contribution is 2.13. The molecule has 20 heavy (non-hydrogen) atoms. The van der Waals surface area contributed by atoms with Gasteiger partial charge in [-0.25, -0.2) is 9.37 Å². The molecule has 5 nitrogen and oxygen atoms in total. The normalized spacial score (nSPS) is 16.1. The first-order valence-corrected chi connectivity index (χ1v) is 6.35. The van der Waals surface area contributed by atoms with Crippen LogP contribution in [-0.2, 0) is 4.79 Å². The Morgan fingerprint density at radius 2 is 2.00 bits per heavy atom. The molecule has 2 rings (SSSR count). The van der Waals surface area contributed by atoms with Crippen molar-refractivity contribution < 1.29 is 18.4 Å². The Morgan fingerprint density at radius 1 is 1.35 bits per heavy atom. The van der Waals surface area contributed by atoms with E-state index in [0.717, 1.165) is 12.3 Å². The van der Waals surface area contributed by atoms with Crippen molar-refractivity contribution in [3.8, 4) is 0 Å². The Balaban J connectivity index is 1.96. The third-order valence-corrected chi connectivity index (χ3v) is 3.37. The van der Waals surface area contributed by atoms with Gasteiger partial charge < -0.3 is 10.2 Å². The second-order valence-electron chi connectivity index (χ2n) is 4.72. The van der Waals surface area contributed by atoms with Gasteiger partial charge in [0.2, 0.25) is 11.9 Å². The molecule has 0 bridgehead atoms. The highest BCUT2D eigenvalue weighted by Gasteiger charge is 2.24. The predicted molar refractivity (Wildman–Crippen MR) is 66.9 cm³/mol. The maximum absolute atomic E-state index is 13.4. The molecule has 1 aliphatic heterocycles. The molecule has 1 aliphatic rings. The highest BCUT2D eigenvalue weighted by molar-refractivity contribution is 5.94. The van der Waals surface area contributed by atoms with Crippen LogP contribution in [-0.4, -0.2) is 40.8 Å². The first-order valence-electron chi connectivity index (χ1n) is 6.35. The summed E-state index contributed by atoms with van der Waals surface area (Å²) in [5.74, 6) is -3.20. The van der Waals surface area contributed by atoms with Gasteiger partial charge >= 0.3 is 0 Å². The van der Waals surface area contributed by atoms with Gasteiger partial charge in [0.05, 0.1) is 5.56 Å². The predicted octanol–water partition coefficient (Wildman–Crippen LogP) is 1.10. The van der Waals surface area contributed by atoms with Crippen LogP contribution in [0.2, 0.25) is 0 Å². The number of piperidine rings is 1. The minimum absolute atomic E-state index is 0.00275. The van der Waals surface area contributed by atoms with E-state index >= 15 is 0 Å². The largest absolute Gasteiger partial charge is 0.349 e. The molecule has 1 aromatic rings. The summed E-state index contributed by atoms with van der Waals surface area (Å²) in [5.41, 5.74) is -0.355. The summed E-state index contributed by atoms with van der Waals surface area (Å²) >= 11 is 0. The van der Waals surface area contributed by atoms with Crippen LogP contribution >= 0.6 is 0 Å². The zero-order valence-corrected chi connectivity index (χ0v) is 11.0. The number of halogens is 2. The van der Waals surface area contributed by atoms with Gasteiger partial charge in [0.15, 0.2) is 5.82 Å². The van der Waals surface area contributed by atoms with Crippen LogP contribution < -0.4 is 5.32 Å². The summed E-state index contributed by atoms with van der Waals surface area (Å²) in [7, 11) is 0. The number of hydrogen-bond donors (Lipinski definition) is 1. The van der Waals surface area contributed by atoms with Gasteiger partial charge in [0.1, 0.15) is 0 Å². The number of nitrogens with one attached hydrogen (secondary N) is 1. The third-order valence-electron chi connectivity index (χ3n) is 3.37. The Kier molecular flexibility index (Phi) is 4.26. The smallest absolute Gasteiger partial charge is 0.254 e. The zero-order valence-electron chi connectivity index (χ0n) is 11.0. The molecular weight excluding hydrogens is 268 g/mol. The monoisotopic (exact) mass is 283 g/mol. The molecule has 0 unspecified atom stereocenters. The minimum Gasteiger partial charge on any atom is -0.349 e. The summed E-state index contributed by atoms with van der Waals surface area (Å²) < 4.78 is 26.4. The van der Waals surface area contributed by atoms with E-state index in [0.29, 0.717) is 25.9 Å². The van der Waals surface area contributed by atoms with E-state index < -0.39 is 17.7 Å². The number of carbonyl (C=O) groups excluding carboxylic acids is 2. The molecule has 0 atom stereocenters. The summed E-state index contributed by atoms with van der Waals surface area (Å²) in [6.45, 7) is 2.59. The standard InChI is InChI=1S/C13H15F2N3O2/c1-8(19)18-6-3-9(4-7-18)17-13(20)10-2-5-16-12(15)11(10)14/h2,5,9H,3-4,6-7H2,1H3,(H,17,20). The van der Waals surface area contributed by atoms with Crippen molar-refractivity contribution in [1.82, 2.24) is 15.2 Å². The molecule has 0 spiro atoms. The Hall–Kier alpha value is -2.05. The maximum Gasteiger partial charge on any atom is 0.254 e. The Morgan fingerprint density at radius 3 is 2.60 bits per heavy atom. The van der Waals surface area contributed by atoms with Crippen LogP contribution in [0.25, 0.3) is 0 Å². The average molecular weight is 283 g/mol. The lowest BCUT2D eigenvalue weighted by atomic mass is 10.0. The number of aromatic nitrogens is 1. The summed E-state index contributed by atoms with van der Waals surface area (Å²) in [6, 6.07) is 0.993.